The van der Waals surface area contributed by atoms with Crippen LogP contribution in [0, 0.1) is 80.3 Å². The van der Waals surface area contributed by atoms with E-state index >= 15 is 0 Å². The molecule has 2 heterocycles. The molecule has 10 bridgehead atoms. The van der Waals surface area contributed by atoms with Crippen LogP contribution in [0.5, 0.6) is 0 Å². The van der Waals surface area contributed by atoms with Gasteiger partial charge in [0, 0.05) is 24.7 Å². The average Bonchev–Trinajstić information content (AvgIpc) is 1.68. The van der Waals surface area contributed by atoms with Gasteiger partial charge >= 0.3 is 41.8 Å². The minimum atomic E-state index is -3.53. The molecule has 2 saturated heterocycles. The van der Waals surface area contributed by atoms with Crippen molar-refractivity contribution in [2.24, 2.45) is 80.3 Å². The zero-order valence-corrected chi connectivity index (χ0v) is 61.2. The maximum Gasteiger partial charge on any atom is 0.347 e. The van der Waals surface area contributed by atoms with Gasteiger partial charge < -0.3 is 38.3 Å². The van der Waals surface area contributed by atoms with Gasteiger partial charge in [-0.3, -0.25) is 28.2 Å². The van der Waals surface area contributed by atoms with Gasteiger partial charge in [-0.2, -0.15) is 8.42 Å². The lowest BCUT2D eigenvalue weighted by Crippen LogP contribution is -2.63. The van der Waals surface area contributed by atoms with Crippen LogP contribution in [0.15, 0.2) is 0 Å². The molecule has 1 N–H and O–H groups in total. The van der Waals surface area contributed by atoms with E-state index in [1.165, 1.54) is 57.8 Å². The number of carbonyl (C=O) groups excluding carboxylic acids is 7. The van der Waals surface area contributed by atoms with Crippen LogP contribution in [0.4, 0.5) is 0 Å². The standard InChI is InChI=1S/C19H32O2.C16H26O3.C15H22O7S.C14H26O2.C10H16O4.10CH4/c1-6-18(4,5)17(20)21-19(12(2)3)15-8-13-7-14(10-15)11-16(19)9-13;1-4-14(2,3)13(17)19-16-8-11-5-12(9-16)7-15(18,6-11)10-16;1-4-15(2,3)14(17)20-7-11(16)21-12-8-5-9-10(6-8)23(18,19)22-13(9)12;1-5-13(3,4)12(15)16-14(6-2)10-8-7-9-11-14;1-4-10(2,3)9(12)14-7-5-6-13-8(7)11;;;;;;;;;;/h12-16H,6-11H2,1-5H3;11-12,18H,4-10H2,1-3H3;8-10,12-13H,4-7H2,1-3H3;5-11H2,1-4H3;7H,4-6H2,1-3H3;10*1H4. The van der Waals surface area contributed by atoms with E-state index in [4.69, 9.17) is 37.3 Å². The van der Waals surface area contributed by atoms with Crippen molar-refractivity contribution in [1.82, 2.24) is 0 Å². The third-order valence-electron chi connectivity index (χ3n) is 24.9. The quantitative estimate of drug-likeness (QED) is 0.0717. The molecule has 0 aromatic carbocycles. The normalized spacial score (nSPS) is 31.1. The Balaban J connectivity index is -0.000000586. The first kappa shape index (κ1) is 106. The van der Waals surface area contributed by atoms with E-state index in [1.54, 1.807) is 27.7 Å². The zero-order valence-electron chi connectivity index (χ0n) is 60.4. The Kier molecular flexibility index (Phi) is 41.5. The number of hydrogen-bond donors (Lipinski definition) is 1. The highest BCUT2D eigenvalue weighted by atomic mass is 32.2. The molecular weight excluding hydrogens is 1330 g/mol. The van der Waals surface area contributed by atoms with Gasteiger partial charge in [-0.15, -0.1) is 0 Å². The Morgan fingerprint density at radius 3 is 1.38 bits per heavy atom. The first-order chi connectivity index (χ1) is 43.1. The summed E-state index contributed by atoms with van der Waals surface area (Å²) in [5.74, 6) is 2.61. The smallest absolute Gasteiger partial charge is 0.347 e. The van der Waals surface area contributed by atoms with Crippen LogP contribution in [0.2, 0.25) is 0 Å². The molecule has 612 valence electrons. The van der Waals surface area contributed by atoms with Gasteiger partial charge in [-0.25, -0.2) is 9.59 Å². The fraction of sp³-hybridized carbons (Fsp3) is 0.917. The molecule has 11 aliphatic carbocycles. The molecule has 103 heavy (non-hydrogen) atoms. The van der Waals surface area contributed by atoms with Gasteiger partial charge in [0.2, 0.25) is 6.10 Å². The second-order valence-electron chi connectivity index (χ2n) is 34.0. The van der Waals surface area contributed by atoms with Crippen LogP contribution in [0.25, 0.3) is 0 Å². The molecular formula is C84H162O18S. The van der Waals surface area contributed by atoms with Gasteiger partial charge in [0.1, 0.15) is 29.0 Å². The summed E-state index contributed by atoms with van der Waals surface area (Å²) >= 11 is 0. The van der Waals surface area contributed by atoms with Crippen molar-refractivity contribution in [1.29, 1.82) is 0 Å². The summed E-state index contributed by atoms with van der Waals surface area (Å²) in [6.07, 6.45) is 22.6. The van der Waals surface area contributed by atoms with Gasteiger partial charge in [-0.1, -0.05) is 136 Å². The fourth-order valence-corrected chi connectivity index (χ4v) is 19.1. The summed E-state index contributed by atoms with van der Waals surface area (Å²) in [6, 6.07) is 0. The Morgan fingerprint density at radius 2 is 0.961 bits per heavy atom. The number of esters is 7. The molecule has 11 saturated carbocycles. The van der Waals surface area contributed by atoms with E-state index in [0.29, 0.717) is 74.7 Å². The molecule has 18 nitrogen and oxygen atoms in total. The van der Waals surface area contributed by atoms with E-state index in [1.807, 2.05) is 69.2 Å². The first-order valence-corrected chi connectivity index (χ1v) is 37.7. The molecule has 2 aliphatic heterocycles. The highest BCUT2D eigenvalue weighted by Gasteiger charge is 2.66. The third kappa shape index (κ3) is 23.8. The van der Waals surface area contributed by atoms with Crippen LogP contribution in [-0.2, 0) is 81.0 Å². The van der Waals surface area contributed by atoms with Crippen molar-refractivity contribution in [2.45, 2.75) is 405 Å². The molecule has 13 fully saturated rings. The SMILES string of the molecule is C.C.C.C.C.C.C.C.C.C.CCC(C)(C)C(=O)OC1(C(C)C)C2CC3CC(C2)CC1C3.CCC(C)(C)C(=O)OC12CC3CC(CC(O)(C3)C1)C2.CCC(C)(C)C(=O)OC1CCOC1=O.CCC(C)(C)C(=O)OCC(=O)OC1C2CC3C1OS(=O)(=O)C3C2.CCC1(OC(=O)C(C)(C)CC)CCCCC1. The Bertz CT molecular complexity index is 2730. The molecule has 0 aromatic heterocycles. The van der Waals surface area contributed by atoms with Crippen LogP contribution in [0.1, 0.15) is 359 Å². The molecule has 19 heteroatoms. The predicted octanol–water partition coefficient (Wildman–Crippen LogP) is 20.6. The molecule has 13 aliphatic rings. The van der Waals surface area contributed by atoms with Gasteiger partial charge in [0.05, 0.1) is 44.5 Å². The number of hydrogen-bond acceptors (Lipinski definition) is 18. The second-order valence-corrected chi connectivity index (χ2v) is 35.8. The lowest BCUT2D eigenvalue weighted by molar-refractivity contribution is -0.231. The van der Waals surface area contributed by atoms with E-state index < -0.39 is 80.0 Å². The van der Waals surface area contributed by atoms with Crippen molar-refractivity contribution in [3.8, 4) is 0 Å². The lowest BCUT2D eigenvalue weighted by atomic mass is 9.47. The minimum absolute atomic E-state index is 0. The van der Waals surface area contributed by atoms with E-state index in [-0.39, 0.29) is 138 Å². The van der Waals surface area contributed by atoms with E-state index in [0.717, 1.165) is 76.0 Å². The largest absolute Gasteiger partial charge is 0.463 e. The maximum atomic E-state index is 12.8. The van der Waals surface area contributed by atoms with Crippen LogP contribution in [-0.4, -0.2) is 114 Å². The predicted molar refractivity (Wildman–Crippen MR) is 419 cm³/mol. The summed E-state index contributed by atoms with van der Waals surface area (Å²) in [4.78, 5) is 83.6. The van der Waals surface area contributed by atoms with Crippen LogP contribution >= 0.6 is 0 Å². The average molecular weight is 1490 g/mol. The van der Waals surface area contributed by atoms with E-state index in [9.17, 15) is 47.1 Å². The number of rotatable bonds is 19. The minimum Gasteiger partial charge on any atom is -0.463 e. The molecule has 0 amide bonds. The van der Waals surface area contributed by atoms with Crippen molar-refractivity contribution in [2.75, 3.05) is 13.2 Å². The Labute approximate surface area is 632 Å². The number of ether oxygens (including phenoxy) is 7. The Morgan fingerprint density at radius 1 is 0.534 bits per heavy atom. The topological polar surface area (TPSA) is 248 Å². The van der Waals surface area contributed by atoms with Gasteiger partial charge in [0.25, 0.3) is 10.1 Å². The van der Waals surface area contributed by atoms with Gasteiger partial charge in [-0.05, 0) is 252 Å². The molecule has 0 aromatic rings. The molecule has 0 spiro atoms. The zero-order chi connectivity index (χ0) is 69.3. The third-order valence-corrected chi connectivity index (χ3v) is 26.7. The number of fused-ring (bicyclic) bond motifs is 1. The Hall–Kier alpha value is -3.84. The maximum absolute atomic E-state index is 12.8. The highest BCUT2D eigenvalue weighted by molar-refractivity contribution is 7.87. The highest BCUT2D eigenvalue weighted by Crippen LogP contribution is 2.63. The monoisotopic (exact) mass is 1490 g/mol. The summed E-state index contributed by atoms with van der Waals surface area (Å²) in [7, 11) is -3.53. The van der Waals surface area contributed by atoms with Crippen LogP contribution < -0.4 is 0 Å². The summed E-state index contributed by atoms with van der Waals surface area (Å²) < 4.78 is 67.1. The fourth-order valence-electron chi connectivity index (χ4n) is 17.2. The van der Waals surface area contributed by atoms with Crippen molar-refractivity contribution >= 4 is 51.9 Å². The van der Waals surface area contributed by atoms with E-state index in [2.05, 4.69) is 27.7 Å². The second kappa shape index (κ2) is 40.6. The number of carbonyl (C=O) groups is 7. The van der Waals surface area contributed by atoms with Crippen LogP contribution in [0.3, 0.4) is 0 Å². The first-order valence-electron chi connectivity index (χ1n) is 36.2. The summed E-state index contributed by atoms with van der Waals surface area (Å²) in [5.41, 5.74) is -3.50. The van der Waals surface area contributed by atoms with Gasteiger partial charge in [0.15, 0.2) is 6.61 Å². The molecule has 13 rings (SSSR count). The lowest BCUT2D eigenvalue weighted by Gasteiger charge is -2.62. The molecule has 8 atom stereocenters. The number of cyclic esters (lactones) is 1. The number of aliphatic hydroxyl groups is 1. The van der Waals surface area contributed by atoms with Crippen molar-refractivity contribution in [3.05, 3.63) is 0 Å². The molecule has 0 radical (unpaired) electrons. The molecule has 8 unspecified atom stereocenters. The summed E-state index contributed by atoms with van der Waals surface area (Å²) in [6.45, 7) is 35.5. The van der Waals surface area contributed by atoms with Crippen molar-refractivity contribution in [3.63, 3.8) is 0 Å². The van der Waals surface area contributed by atoms with Crippen molar-refractivity contribution < 1.29 is 84.4 Å². The summed E-state index contributed by atoms with van der Waals surface area (Å²) in [5, 5.41) is 10.2.